The number of halogens is 1. The molecule has 1 aliphatic heterocycles. The normalized spacial score (nSPS) is 16.7. The number of carbonyl (C=O) groups excluding carboxylic acids is 1. The van der Waals surface area contributed by atoms with E-state index in [4.69, 9.17) is 9.47 Å². The molecular formula is C35H39FN6O7. The first-order chi connectivity index (χ1) is 23.5. The van der Waals surface area contributed by atoms with Gasteiger partial charge in [-0.3, -0.25) is 9.59 Å². The predicted molar refractivity (Wildman–Crippen MR) is 180 cm³/mol. The van der Waals surface area contributed by atoms with Crippen LogP contribution in [0.3, 0.4) is 0 Å². The summed E-state index contributed by atoms with van der Waals surface area (Å²) in [7, 11) is 4.97. The van der Waals surface area contributed by atoms with Gasteiger partial charge in [0.2, 0.25) is 17.2 Å². The van der Waals surface area contributed by atoms with Crippen molar-refractivity contribution >= 4 is 34.3 Å². The number of carbonyl (C=O) groups is 2. The van der Waals surface area contributed by atoms with E-state index in [1.165, 1.54) is 31.5 Å². The van der Waals surface area contributed by atoms with Crippen LogP contribution in [-0.2, 0) is 4.79 Å². The Morgan fingerprint density at radius 1 is 1.12 bits per heavy atom. The Kier molecular flexibility index (Phi) is 9.41. The quantitative estimate of drug-likeness (QED) is 0.233. The molecule has 6 rings (SSSR count). The van der Waals surface area contributed by atoms with Gasteiger partial charge in [-0.15, -0.1) is 0 Å². The second-order valence-electron chi connectivity index (χ2n) is 12.6. The van der Waals surface area contributed by atoms with Crippen LogP contribution in [0.1, 0.15) is 60.7 Å². The second kappa shape index (κ2) is 13.7. The van der Waals surface area contributed by atoms with Crippen LogP contribution in [0.2, 0.25) is 0 Å². The van der Waals surface area contributed by atoms with Crippen molar-refractivity contribution in [3.63, 3.8) is 0 Å². The number of pyridine rings is 1. The summed E-state index contributed by atoms with van der Waals surface area (Å²) >= 11 is 0. The number of ether oxygens (including phenoxy) is 2. The Labute approximate surface area is 282 Å². The molecule has 2 N–H and O–H groups in total. The fourth-order valence-corrected chi connectivity index (χ4v) is 6.34. The summed E-state index contributed by atoms with van der Waals surface area (Å²) in [4.78, 5) is 50.6. The molecular weight excluding hydrogens is 635 g/mol. The third-order valence-electron chi connectivity index (χ3n) is 9.29. The van der Waals surface area contributed by atoms with Crippen LogP contribution >= 0.6 is 0 Å². The summed E-state index contributed by atoms with van der Waals surface area (Å²) in [6.45, 7) is 2.60. The van der Waals surface area contributed by atoms with Crippen molar-refractivity contribution in [1.29, 1.82) is 0 Å². The molecule has 2 fully saturated rings. The summed E-state index contributed by atoms with van der Waals surface area (Å²) in [6.07, 6.45) is 5.12. The summed E-state index contributed by atoms with van der Waals surface area (Å²) in [6, 6.07) is 9.68. The standard InChI is InChI=1S/C35H39FN6O7/c1-20(43)39(2)18-28(44)21-7-11-24(12-8-21)49-30-15-29(37-19-38-30)40(3)23-6-5-13-41(16-23)32-27(36)14-25-31(34(32)48-4)42(22-9-10-22)17-26(33(25)45)35(46)47/h7-8,11-12,14-15,17,19,22-23,28,44H,5-6,9-10,13,16,18H2,1-4H3,(H,46,47)/t23?,28-/m0/s1. The van der Waals surface area contributed by atoms with E-state index in [0.717, 1.165) is 31.7 Å². The van der Waals surface area contributed by atoms with Gasteiger partial charge in [0, 0.05) is 58.5 Å². The van der Waals surface area contributed by atoms with Crippen molar-refractivity contribution in [3.8, 4) is 17.4 Å². The number of benzene rings is 2. The molecule has 49 heavy (non-hydrogen) atoms. The molecule has 2 atom stereocenters. The lowest BCUT2D eigenvalue weighted by molar-refractivity contribution is -0.128. The number of piperidine rings is 1. The van der Waals surface area contributed by atoms with Gasteiger partial charge in [0.25, 0.3) is 0 Å². The van der Waals surface area contributed by atoms with Crippen LogP contribution < -0.4 is 24.7 Å². The van der Waals surface area contributed by atoms with Crippen LogP contribution in [0.15, 0.2) is 53.7 Å². The third kappa shape index (κ3) is 6.86. The maximum Gasteiger partial charge on any atom is 0.341 e. The highest BCUT2D eigenvalue weighted by molar-refractivity contribution is 5.97. The zero-order valence-electron chi connectivity index (χ0n) is 27.8. The minimum absolute atomic E-state index is 0.00659. The van der Waals surface area contributed by atoms with Gasteiger partial charge in [-0.2, -0.15) is 0 Å². The average Bonchev–Trinajstić information content (AvgIpc) is 3.94. The second-order valence-corrected chi connectivity index (χ2v) is 12.6. The van der Waals surface area contributed by atoms with Crippen molar-refractivity contribution in [2.75, 3.05) is 50.6 Å². The number of methoxy groups -OCH3 is 1. The van der Waals surface area contributed by atoms with Gasteiger partial charge in [-0.25, -0.2) is 19.2 Å². The van der Waals surface area contributed by atoms with Crippen molar-refractivity contribution in [2.24, 2.45) is 0 Å². The van der Waals surface area contributed by atoms with Crippen molar-refractivity contribution in [1.82, 2.24) is 19.4 Å². The van der Waals surface area contributed by atoms with E-state index >= 15 is 4.39 Å². The van der Waals surface area contributed by atoms with Crippen LogP contribution in [0.5, 0.6) is 17.4 Å². The maximum atomic E-state index is 16.0. The van der Waals surface area contributed by atoms with Gasteiger partial charge in [-0.1, -0.05) is 12.1 Å². The minimum Gasteiger partial charge on any atom is -0.492 e. The minimum atomic E-state index is -1.35. The van der Waals surface area contributed by atoms with Gasteiger partial charge in [0.15, 0.2) is 11.6 Å². The topological polar surface area (TPSA) is 151 Å². The summed E-state index contributed by atoms with van der Waals surface area (Å²) < 4.78 is 29.5. The smallest absolute Gasteiger partial charge is 0.341 e. The molecule has 1 aliphatic carbocycles. The summed E-state index contributed by atoms with van der Waals surface area (Å²) in [5.74, 6) is -0.512. The molecule has 4 aromatic rings. The molecule has 14 heteroatoms. The first kappa shape index (κ1) is 33.7. The molecule has 2 aliphatic rings. The van der Waals surface area contributed by atoms with Gasteiger partial charge < -0.3 is 39.0 Å². The number of hydrogen-bond acceptors (Lipinski definition) is 10. The molecule has 0 radical (unpaired) electrons. The number of likely N-dealkylation sites (N-methyl/N-ethyl adjacent to an activating group) is 2. The zero-order valence-corrected chi connectivity index (χ0v) is 27.8. The molecule has 0 spiro atoms. The Balaban J connectivity index is 1.22. The molecule has 1 saturated carbocycles. The van der Waals surface area contributed by atoms with Crippen LogP contribution in [-0.4, -0.2) is 88.4 Å². The fraction of sp³-hybridized carbons (Fsp3) is 0.400. The number of aromatic nitrogens is 3. The van der Waals surface area contributed by atoms with Gasteiger partial charge in [-0.05, 0) is 49.4 Å². The van der Waals surface area contributed by atoms with Crippen molar-refractivity contribution < 1.29 is 33.7 Å². The lowest BCUT2D eigenvalue weighted by Crippen LogP contribution is -2.47. The molecule has 2 aromatic heterocycles. The van der Waals surface area contributed by atoms with Crippen LogP contribution in [0, 0.1) is 5.82 Å². The third-order valence-corrected chi connectivity index (χ3v) is 9.29. The highest BCUT2D eigenvalue weighted by Crippen LogP contribution is 2.44. The molecule has 1 saturated heterocycles. The SMILES string of the molecule is COc1c(N2CCCC(N(C)c3cc(Oc4ccc([C@@H](O)CN(C)C(C)=O)cc4)ncn3)C2)c(F)cc2c(=O)c(C(=O)O)cn(C3CC3)c12. The number of rotatable bonds is 11. The van der Waals surface area contributed by atoms with Gasteiger partial charge >= 0.3 is 5.97 Å². The first-order valence-electron chi connectivity index (χ1n) is 16.1. The number of hydrogen-bond donors (Lipinski definition) is 2. The Morgan fingerprint density at radius 3 is 2.51 bits per heavy atom. The number of nitrogens with zero attached hydrogens (tertiary/aromatic N) is 6. The van der Waals surface area contributed by atoms with Crippen molar-refractivity contribution in [3.05, 3.63) is 76.1 Å². The van der Waals surface area contributed by atoms with E-state index < -0.39 is 28.9 Å². The number of fused-ring (bicyclic) bond motifs is 1. The number of carboxylic acids is 1. The van der Waals surface area contributed by atoms with E-state index in [2.05, 4.69) is 9.97 Å². The molecule has 3 heterocycles. The van der Waals surface area contributed by atoms with Crippen LogP contribution in [0.25, 0.3) is 10.9 Å². The molecule has 2 aromatic carbocycles. The van der Waals surface area contributed by atoms with E-state index in [1.807, 2.05) is 16.8 Å². The maximum absolute atomic E-state index is 16.0. The van der Waals surface area contributed by atoms with E-state index in [-0.39, 0.29) is 41.4 Å². The number of aliphatic hydroxyl groups is 1. The largest absolute Gasteiger partial charge is 0.492 e. The molecule has 258 valence electrons. The number of aliphatic hydroxyl groups excluding tert-OH is 1. The number of anilines is 2. The van der Waals surface area contributed by atoms with E-state index in [1.54, 1.807) is 41.9 Å². The number of amides is 1. The van der Waals surface area contributed by atoms with Gasteiger partial charge in [0.1, 0.15) is 29.1 Å². The fourth-order valence-electron chi connectivity index (χ4n) is 6.34. The molecule has 1 amide bonds. The summed E-state index contributed by atoms with van der Waals surface area (Å²) in [5.41, 5.74) is 0.137. The van der Waals surface area contributed by atoms with Gasteiger partial charge in [0.05, 0.1) is 30.7 Å². The highest BCUT2D eigenvalue weighted by atomic mass is 19.1. The first-order valence-corrected chi connectivity index (χ1v) is 16.1. The Hall–Kier alpha value is -5.24. The highest BCUT2D eigenvalue weighted by Gasteiger charge is 2.33. The van der Waals surface area contributed by atoms with E-state index in [0.29, 0.717) is 41.6 Å². The molecule has 1 unspecified atom stereocenters. The Bertz CT molecular complexity index is 1950. The van der Waals surface area contributed by atoms with E-state index in [9.17, 15) is 24.6 Å². The zero-order chi connectivity index (χ0) is 35.0. The molecule has 0 bridgehead atoms. The lowest BCUT2D eigenvalue weighted by atomic mass is 10.0. The predicted octanol–water partition coefficient (Wildman–Crippen LogP) is 4.38. The monoisotopic (exact) mass is 674 g/mol. The van der Waals surface area contributed by atoms with Crippen LogP contribution in [0.4, 0.5) is 15.9 Å². The molecule has 13 nitrogen and oxygen atoms in total. The number of aromatic carboxylic acids is 1. The number of carboxylic acid groups (broad SMARTS) is 1. The summed E-state index contributed by atoms with van der Waals surface area (Å²) in [5, 5.41) is 20.1. The average molecular weight is 675 g/mol. The lowest BCUT2D eigenvalue weighted by Gasteiger charge is -2.40. The van der Waals surface area contributed by atoms with Crippen molar-refractivity contribution in [2.45, 2.75) is 50.8 Å². The Morgan fingerprint density at radius 2 is 1.86 bits per heavy atom.